The summed E-state index contributed by atoms with van der Waals surface area (Å²) in [5.41, 5.74) is 3.03. The van der Waals surface area contributed by atoms with Gasteiger partial charge in [-0.2, -0.15) is 5.10 Å². The number of nitrogens with zero attached hydrogens (tertiary/aromatic N) is 4. The van der Waals surface area contributed by atoms with Crippen LogP contribution in [0.1, 0.15) is 35.8 Å². The topological polar surface area (TPSA) is 86.4 Å². The van der Waals surface area contributed by atoms with Crippen LogP contribution in [0.2, 0.25) is 0 Å². The maximum Gasteiger partial charge on any atom is 0.274 e. The Morgan fingerprint density at radius 3 is 2.70 bits per heavy atom. The largest absolute Gasteiger partial charge is 0.493 e. The molecule has 0 atom stereocenters. The molecule has 5 rings (SSSR count). The van der Waals surface area contributed by atoms with E-state index in [1.807, 2.05) is 49.5 Å². The zero-order valence-corrected chi connectivity index (χ0v) is 19.0. The Hall–Kier alpha value is -3.23. The van der Waals surface area contributed by atoms with Gasteiger partial charge in [0.1, 0.15) is 17.3 Å². The molecule has 1 saturated carbocycles. The molecule has 1 amide bonds. The number of hydrogen-bond acceptors (Lipinski definition) is 6. The van der Waals surface area contributed by atoms with E-state index in [0.29, 0.717) is 23.8 Å². The predicted octanol–water partition coefficient (Wildman–Crippen LogP) is 3.40. The van der Waals surface area contributed by atoms with Crippen molar-refractivity contribution in [1.29, 1.82) is 0 Å². The van der Waals surface area contributed by atoms with E-state index in [1.54, 1.807) is 6.07 Å². The van der Waals surface area contributed by atoms with Crippen LogP contribution in [0.15, 0.2) is 48.7 Å². The maximum atomic E-state index is 12.7. The molecule has 3 aromatic rings. The third-order valence-electron chi connectivity index (χ3n) is 6.23. The average Bonchev–Trinajstić information content (AvgIpc) is 3.57. The molecule has 2 N–H and O–H groups in total. The van der Waals surface area contributed by atoms with Crippen molar-refractivity contribution in [1.82, 2.24) is 25.0 Å². The van der Waals surface area contributed by atoms with Crippen LogP contribution in [0.3, 0.4) is 0 Å². The molecule has 8 nitrogen and oxygen atoms in total. The van der Waals surface area contributed by atoms with Crippen LogP contribution in [0.5, 0.6) is 5.75 Å². The molecule has 2 fully saturated rings. The molecule has 0 radical (unpaired) electrons. The minimum atomic E-state index is -0.279. The van der Waals surface area contributed by atoms with Crippen molar-refractivity contribution >= 4 is 11.7 Å². The van der Waals surface area contributed by atoms with Crippen molar-refractivity contribution in [2.24, 2.45) is 0 Å². The van der Waals surface area contributed by atoms with E-state index >= 15 is 0 Å². The Kier molecular flexibility index (Phi) is 6.37. The normalized spacial score (nSPS) is 17.1. The number of amides is 1. The fraction of sp³-hybridized carbons (Fsp3) is 0.400. The molecule has 1 aliphatic carbocycles. The van der Waals surface area contributed by atoms with Gasteiger partial charge in [-0.1, -0.05) is 18.2 Å². The second-order valence-electron chi connectivity index (χ2n) is 8.65. The number of para-hydroxylation sites is 1. The van der Waals surface area contributed by atoms with Gasteiger partial charge in [0, 0.05) is 50.5 Å². The summed E-state index contributed by atoms with van der Waals surface area (Å²) in [6.45, 7) is 7.91. The molecule has 172 valence electrons. The van der Waals surface area contributed by atoms with Crippen molar-refractivity contribution < 1.29 is 9.53 Å². The molecule has 1 aromatic carbocycles. The molecule has 2 aromatic heterocycles. The Balaban J connectivity index is 1.17. The van der Waals surface area contributed by atoms with E-state index in [9.17, 15) is 4.79 Å². The molecule has 3 heterocycles. The standard InChI is InChI=1S/C25H30N6O2/c1-2-33-23-6-4-3-5-20(23)21-15-22(29-28-21)25(32)27-24-10-7-18(16-26-24)17-30-11-13-31(14-12-30)19-8-9-19/h3-7,10,15-16,19H,2,8-9,11-14,17H2,1H3,(H,28,29)(H,26,27,32). The van der Waals surface area contributed by atoms with Crippen LogP contribution in [0.25, 0.3) is 11.3 Å². The van der Waals surface area contributed by atoms with Gasteiger partial charge in [0.2, 0.25) is 0 Å². The summed E-state index contributed by atoms with van der Waals surface area (Å²) in [5, 5.41) is 9.96. The first-order valence-corrected chi connectivity index (χ1v) is 11.7. The quantitative estimate of drug-likeness (QED) is 0.552. The van der Waals surface area contributed by atoms with Gasteiger partial charge in [0.25, 0.3) is 5.91 Å². The summed E-state index contributed by atoms with van der Waals surface area (Å²) in [6, 6.07) is 14.1. The highest BCUT2D eigenvalue weighted by atomic mass is 16.5. The predicted molar refractivity (Wildman–Crippen MR) is 127 cm³/mol. The van der Waals surface area contributed by atoms with E-state index in [1.165, 1.54) is 12.8 Å². The summed E-state index contributed by atoms with van der Waals surface area (Å²) < 4.78 is 5.67. The van der Waals surface area contributed by atoms with Gasteiger partial charge in [-0.15, -0.1) is 0 Å². The highest BCUT2D eigenvalue weighted by Gasteiger charge is 2.31. The van der Waals surface area contributed by atoms with E-state index < -0.39 is 0 Å². The first-order chi connectivity index (χ1) is 16.2. The van der Waals surface area contributed by atoms with Gasteiger partial charge in [-0.3, -0.25) is 19.7 Å². The summed E-state index contributed by atoms with van der Waals surface area (Å²) in [7, 11) is 0. The maximum absolute atomic E-state index is 12.7. The number of H-pyrrole nitrogens is 1. The number of ether oxygens (including phenoxy) is 1. The molecule has 8 heteroatoms. The van der Waals surface area contributed by atoms with Gasteiger partial charge in [-0.05, 0) is 49.6 Å². The Bertz CT molecular complexity index is 1080. The number of aromatic amines is 1. The lowest BCUT2D eigenvalue weighted by atomic mass is 10.1. The lowest BCUT2D eigenvalue weighted by Gasteiger charge is -2.34. The minimum Gasteiger partial charge on any atom is -0.493 e. The molecule has 0 bridgehead atoms. The van der Waals surface area contributed by atoms with E-state index in [-0.39, 0.29) is 5.91 Å². The van der Waals surface area contributed by atoms with Crippen LogP contribution >= 0.6 is 0 Å². The average molecular weight is 447 g/mol. The number of pyridine rings is 1. The van der Waals surface area contributed by atoms with E-state index in [4.69, 9.17) is 4.74 Å². The second-order valence-corrected chi connectivity index (χ2v) is 8.65. The Morgan fingerprint density at radius 1 is 1.15 bits per heavy atom. The molecule has 33 heavy (non-hydrogen) atoms. The highest BCUT2D eigenvalue weighted by molar-refractivity contribution is 6.03. The van der Waals surface area contributed by atoms with Gasteiger partial charge < -0.3 is 10.1 Å². The van der Waals surface area contributed by atoms with Gasteiger partial charge in [-0.25, -0.2) is 4.98 Å². The summed E-state index contributed by atoms with van der Waals surface area (Å²) >= 11 is 0. The van der Waals surface area contributed by atoms with Crippen LogP contribution in [0, 0.1) is 0 Å². The fourth-order valence-corrected chi connectivity index (χ4v) is 4.30. The molecule has 0 unspecified atom stereocenters. The van der Waals surface area contributed by atoms with E-state index in [0.717, 1.165) is 55.6 Å². The van der Waals surface area contributed by atoms with Crippen molar-refractivity contribution in [2.45, 2.75) is 32.4 Å². The van der Waals surface area contributed by atoms with Crippen molar-refractivity contribution in [3.8, 4) is 17.0 Å². The lowest BCUT2D eigenvalue weighted by molar-refractivity contribution is 0.102. The van der Waals surface area contributed by atoms with Gasteiger partial charge in [0.05, 0.1) is 12.3 Å². The van der Waals surface area contributed by atoms with Crippen LogP contribution in [0.4, 0.5) is 5.82 Å². The fourth-order valence-electron chi connectivity index (χ4n) is 4.30. The number of carbonyl (C=O) groups is 1. The number of aromatic nitrogens is 3. The van der Waals surface area contributed by atoms with Gasteiger partial charge >= 0.3 is 0 Å². The number of benzene rings is 1. The molecule has 1 aliphatic heterocycles. The first-order valence-electron chi connectivity index (χ1n) is 11.7. The smallest absolute Gasteiger partial charge is 0.274 e. The molecule has 0 spiro atoms. The third kappa shape index (κ3) is 5.23. The van der Waals surface area contributed by atoms with Crippen LogP contribution in [-0.2, 0) is 6.54 Å². The molecular weight excluding hydrogens is 416 g/mol. The summed E-state index contributed by atoms with van der Waals surface area (Å²) in [5.74, 6) is 0.983. The Morgan fingerprint density at radius 2 is 1.97 bits per heavy atom. The second kappa shape index (κ2) is 9.72. The number of hydrogen-bond donors (Lipinski definition) is 2. The minimum absolute atomic E-state index is 0.279. The molecule has 1 saturated heterocycles. The Labute approximate surface area is 194 Å². The van der Waals surface area contributed by atoms with Crippen LogP contribution in [-0.4, -0.2) is 69.7 Å². The molecular formula is C25H30N6O2. The third-order valence-corrected chi connectivity index (χ3v) is 6.23. The monoisotopic (exact) mass is 446 g/mol. The van der Waals surface area contributed by atoms with E-state index in [2.05, 4.69) is 30.3 Å². The summed E-state index contributed by atoms with van der Waals surface area (Å²) in [6.07, 6.45) is 4.59. The summed E-state index contributed by atoms with van der Waals surface area (Å²) in [4.78, 5) is 22.2. The van der Waals surface area contributed by atoms with Crippen molar-refractivity contribution in [3.63, 3.8) is 0 Å². The van der Waals surface area contributed by atoms with Crippen molar-refractivity contribution in [3.05, 3.63) is 59.9 Å². The number of rotatable bonds is 8. The number of piperazine rings is 1. The highest BCUT2D eigenvalue weighted by Crippen LogP contribution is 2.29. The zero-order valence-electron chi connectivity index (χ0n) is 19.0. The SMILES string of the molecule is CCOc1ccccc1-c1cc(C(=O)Nc2ccc(CN3CCN(C4CC4)CC3)cn2)[nH]n1. The van der Waals surface area contributed by atoms with Crippen molar-refractivity contribution in [2.75, 3.05) is 38.1 Å². The van der Waals surface area contributed by atoms with Gasteiger partial charge in [0.15, 0.2) is 0 Å². The van der Waals surface area contributed by atoms with Crippen LogP contribution < -0.4 is 10.1 Å². The zero-order chi connectivity index (χ0) is 22.6. The number of carbonyl (C=O) groups excluding carboxylic acids is 1. The first kappa shape index (κ1) is 21.6. The number of nitrogens with one attached hydrogen (secondary N) is 2. The number of anilines is 1. The molecule has 2 aliphatic rings. The lowest BCUT2D eigenvalue weighted by Crippen LogP contribution is -2.46.